The van der Waals surface area contributed by atoms with Crippen LogP contribution in [0.25, 0.3) is 0 Å². The van der Waals surface area contributed by atoms with E-state index in [0.29, 0.717) is 37.0 Å². The van der Waals surface area contributed by atoms with E-state index in [1.54, 1.807) is 13.8 Å². The second-order valence-corrected chi connectivity index (χ2v) is 4.06. The van der Waals surface area contributed by atoms with Gasteiger partial charge in [0.05, 0.1) is 25.5 Å². The number of benzene rings is 1. The summed E-state index contributed by atoms with van der Waals surface area (Å²) in [5.41, 5.74) is 3.81. The Hall–Kier alpha value is -2.24. The molecule has 1 aromatic carbocycles. The Bertz CT molecular complexity index is 500. The first-order valence-electron chi connectivity index (χ1n) is 6.99. The quantitative estimate of drug-likeness (QED) is 0.620. The first kappa shape index (κ1) is 16.8. The predicted octanol–water partition coefficient (Wildman–Crippen LogP) is 2.95. The van der Waals surface area contributed by atoms with Crippen molar-refractivity contribution in [3.63, 3.8) is 0 Å². The van der Waals surface area contributed by atoms with Crippen LogP contribution >= 0.6 is 0 Å². The second kappa shape index (κ2) is 8.84. The van der Waals surface area contributed by atoms with Crippen molar-refractivity contribution in [3.8, 4) is 11.5 Å². The van der Waals surface area contributed by atoms with Gasteiger partial charge in [-0.3, -0.25) is 0 Å². The van der Waals surface area contributed by atoms with Gasteiger partial charge in [0.25, 0.3) is 0 Å². The molecule has 0 aromatic heterocycles. The van der Waals surface area contributed by atoms with Crippen LogP contribution in [0.1, 0.15) is 33.3 Å². The monoisotopic (exact) mass is 294 g/mol. The maximum absolute atomic E-state index is 11.2. The van der Waals surface area contributed by atoms with Crippen molar-refractivity contribution in [2.45, 2.75) is 27.7 Å². The number of ether oxygens (including phenoxy) is 3. The second-order valence-electron chi connectivity index (χ2n) is 4.06. The number of hydrazone groups is 1. The smallest absolute Gasteiger partial charge is 0.427 e. The van der Waals surface area contributed by atoms with Gasteiger partial charge >= 0.3 is 6.09 Å². The van der Waals surface area contributed by atoms with Gasteiger partial charge in [-0.1, -0.05) is 0 Å². The predicted molar refractivity (Wildman–Crippen MR) is 81.1 cm³/mol. The topological polar surface area (TPSA) is 69.2 Å². The lowest BCUT2D eigenvalue weighted by atomic mass is 10.1. The molecule has 116 valence electrons. The van der Waals surface area contributed by atoms with E-state index in [0.717, 1.165) is 5.56 Å². The standard InChI is InChI=1S/C15H22N2O4/c1-5-19-13-9-8-12(10-14(13)20-6-2)11(4)16-17-15(18)21-7-3/h8-10H,5-7H2,1-4H3,(H,17,18)/b16-11-. The molecule has 1 aromatic rings. The number of nitrogens with zero attached hydrogens (tertiary/aromatic N) is 1. The number of rotatable bonds is 7. The van der Waals surface area contributed by atoms with E-state index in [1.807, 2.05) is 32.0 Å². The molecule has 0 radical (unpaired) electrons. The third kappa shape index (κ3) is 5.33. The van der Waals surface area contributed by atoms with Crippen LogP contribution in [0.15, 0.2) is 23.3 Å². The molecule has 0 fully saturated rings. The zero-order chi connectivity index (χ0) is 15.7. The maximum Gasteiger partial charge on any atom is 0.427 e. The van der Waals surface area contributed by atoms with Crippen LogP contribution in [0.4, 0.5) is 4.79 Å². The summed E-state index contributed by atoms with van der Waals surface area (Å²) in [7, 11) is 0. The summed E-state index contributed by atoms with van der Waals surface area (Å²) in [6.07, 6.45) is -0.576. The Morgan fingerprint density at radius 1 is 1.10 bits per heavy atom. The summed E-state index contributed by atoms with van der Waals surface area (Å²) < 4.78 is 15.8. The van der Waals surface area contributed by atoms with E-state index >= 15 is 0 Å². The van der Waals surface area contributed by atoms with Crippen molar-refractivity contribution < 1.29 is 19.0 Å². The van der Waals surface area contributed by atoms with Gasteiger partial charge in [0.2, 0.25) is 0 Å². The van der Waals surface area contributed by atoms with E-state index in [9.17, 15) is 4.79 Å². The third-order valence-electron chi connectivity index (χ3n) is 2.55. The minimum absolute atomic E-state index is 0.304. The van der Waals surface area contributed by atoms with Gasteiger partial charge in [-0.2, -0.15) is 5.10 Å². The summed E-state index contributed by atoms with van der Waals surface area (Å²) >= 11 is 0. The van der Waals surface area contributed by atoms with Gasteiger partial charge < -0.3 is 14.2 Å². The first-order valence-corrected chi connectivity index (χ1v) is 6.99. The summed E-state index contributed by atoms with van der Waals surface area (Å²) in [4.78, 5) is 11.2. The highest BCUT2D eigenvalue weighted by Crippen LogP contribution is 2.28. The number of carbonyl (C=O) groups excluding carboxylic acids is 1. The van der Waals surface area contributed by atoms with Crippen LogP contribution in [0.2, 0.25) is 0 Å². The molecule has 0 aliphatic carbocycles. The molecule has 21 heavy (non-hydrogen) atoms. The average Bonchev–Trinajstić information content (AvgIpc) is 2.47. The number of hydrogen-bond acceptors (Lipinski definition) is 5. The Morgan fingerprint density at radius 2 is 1.76 bits per heavy atom. The van der Waals surface area contributed by atoms with Crippen LogP contribution in [0.3, 0.4) is 0 Å². The van der Waals surface area contributed by atoms with E-state index in [2.05, 4.69) is 10.5 Å². The highest BCUT2D eigenvalue weighted by Gasteiger charge is 2.08. The largest absolute Gasteiger partial charge is 0.490 e. The molecule has 0 spiro atoms. The number of nitrogens with one attached hydrogen (secondary N) is 1. The van der Waals surface area contributed by atoms with E-state index in [-0.39, 0.29) is 0 Å². The maximum atomic E-state index is 11.2. The molecule has 1 rings (SSSR count). The molecule has 0 heterocycles. The first-order chi connectivity index (χ1) is 10.1. The van der Waals surface area contributed by atoms with Crippen LogP contribution in [-0.2, 0) is 4.74 Å². The van der Waals surface area contributed by atoms with Crippen LogP contribution < -0.4 is 14.9 Å². The summed E-state index contributed by atoms with van der Waals surface area (Å²) in [6.45, 7) is 8.76. The van der Waals surface area contributed by atoms with Crippen molar-refractivity contribution in [2.75, 3.05) is 19.8 Å². The Labute approximate surface area is 125 Å². The molecule has 0 saturated carbocycles. The normalized spacial score (nSPS) is 11.0. The molecule has 6 nitrogen and oxygen atoms in total. The Balaban J connectivity index is 2.88. The van der Waals surface area contributed by atoms with Crippen LogP contribution in [-0.4, -0.2) is 31.6 Å². The highest BCUT2D eigenvalue weighted by atomic mass is 16.5. The lowest BCUT2D eigenvalue weighted by molar-refractivity contribution is 0.152. The van der Waals surface area contributed by atoms with Crippen molar-refractivity contribution in [1.82, 2.24) is 5.43 Å². The number of amides is 1. The molecule has 0 atom stereocenters. The van der Waals surface area contributed by atoms with Gasteiger partial charge in [-0.15, -0.1) is 0 Å². The SMILES string of the molecule is CCOC(=O)N/N=C(/C)c1ccc(OCC)c(OCC)c1. The lowest BCUT2D eigenvalue weighted by Crippen LogP contribution is -2.20. The van der Waals surface area contributed by atoms with Gasteiger partial charge in [-0.25, -0.2) is 10.2 Å². The number of carbonyl (C=O) groups is 1. The van der Waals surface area contributed by atoms with Crippen molar-refractivity contribution in [1.29, 1.82) is 0 Å². The van der Waals surface area contributed by atoms with Crippen molar-refractivity contribution >= 4 is 11.8 Å². The fraction of sp³-hybridized carbons (Fsp3) is 0.467. The Kier molecular flexibility index (Phi) is 7.08. The Morgan fingerprint density at radius 3 is 2.38 bits per heavy atom. The lowest BCUT2D eigenvalue weighted by Gasteiger charge is -2.12. The van der Waals surface area contributed by atoms with Crippen LogP contribution in [0, 0.1) is 0 Å². The van der Waals surface area contributed by atoms with Gasteiger partial charge in [0.15, 0.2) is 11.5 Å². The van der Waals surface area contributed by atoms with Gasteiger partial charge in [0, 0.05) is 5.56 Å². The van der Waals surface area contributed by atoms with Crippen LogP contribution in [0.5, 0.6) is 11.5 Å². The molecule has 6 heteroatoms. The molecule has 0 aliphatic rings. The molecule has 0 aliphatic heterocycles. The zero-order valence-corrected chi connectivity index (χ0v) is 12.9. The van der Waals surface area contributed by atoms with Gasteiger partial charge in [0.1, 0.15) is 0 Å². The molecule has 0 unspecified atom stereocenters. The van der Waals surface area contributed by atoms with E-state index in [4.69, 9.17) is 14.2 Å². The molecule has 1 N–H and O–H groups in total. The molecule has 1 amide bonds. The molecular weight excluding hydrogens is 272 g/mol. The third-order valence-corrected chi connectivity index (χ3v) is 2.55. The molecule has 0 bridgehead atoms. The summed E-state index contributed by atoms with van der Waals surface area (Å²) in [5.74, 6) is 1.34. The van der Waals surface area contributed by atoms with E-state index in [1.165, 1.54) is 0 Å². The number of hydrogen-bond donors (Lipinski definition) is 1. The fourth-order valence-corrected chi connectivity index (χ4v) is 1.63. The van der Waals surface area contributed by atoms with Gasteiger partial charge in [-0.05, 0) is 45.9 Å². The minimum atomic E-state index is -0.576. The molecule has 0 saturated heterocycles. The summed E-state index contributed by atoms with van der Waals surface area (Å²) in [6, 6.07) is 5.52. The zero-order valence-electron chi connectivity index (χ0n) is 12.9. The van der Waals surface area contributed by atoms with Crippen molar-refractivity contribution in [3.05, 3.63) is 23.8 Å². The average molecular weight is 294 g/mol. The van der Waals surface area contributed by atoms with Crippen molar-refractivity contribution in [2.24, 2.45) is 5.10 Å². The summed E-state index contributed by atoms with van der Waals surface area (Å²) in [5, 5.41) is 3.99. The fourth-order valence-electron chi connectivity index (χ4n) is 1.63. The molecular formula is C15H22N2O4. The van der Waals surface area contributed by atoms with E-state index < -0.39 is 6.09 Å². The highest BCUT2D eigenvalue weighted by molar-refractivity contribution is 5.99. The minimum Gasteiger partial charge on any atom is -0.490 e.